The molecule has 0 aliphatic rings. The van der Waals surface area contributed by atoms with E-state index in [1.54, 1.807) is 11.3 Å². The lowest BCUT2D eigenvalue weighted by molar-refractivity contribution is 0.674. The molecule has 1 atom stereocenters. The van der Waals surface area contributed by atoms with E-state index in [0.29, 0.717) is 5.95 Å². The van der Waals surface area contributed by atoms with Gasteiger partial charge in [-0.2, -0.15) is 0 Å². The molecule has 0 bridgehead atoms. The lowest BCUT2D eigenvalue weighted by atomic mass is 10.2. The second-order valence-electron chi connectivity index (χ2n) is 4.69. The van der Waals surface area contributed by atoms with E-state index in [4.69, 9.17) is 5.73 Å². The smallest absolute Gasteiger partial charge is 0.201 e. The lowest BCUT2D eigenvalue weighted by Gasteiger charge is -2.15. The summed E-state index contributed by atoms with van der Waals surface area (Å²) in [5, 5.41) is 1.09. The third kappa shape index (κ3) is 1.90. The molecule has 0 spiro atoms. The Morgan fingerprint density at radius 1 is 1.21 bits per heavy atom. The highest BCUT2D eigenvalue weighted by molar-refractivity contribution is 7.11. The van der Waals surface area contributed by atoms with E-state index in [-0.39, 0.29) is 6.04 Å². The van der Waals surface area contributed by atoms with Crippen LogP contribution in [0.25, 0.3) is 11.0 Å². The Morgan fingerprint density at radius 2 is 1.95 bits per heavy atom. The van der Waals surface area contributed by atoms with Crippen LogP contribution in [0.5, 0.6) is 0 Å². The number of aromatic nitrogens is 3. The van der Waals surface area contributed by atoms with E-state index in [1.807, 2.05) is 32.0 Å². The maximum absolute atomic E-state index is 6.08. The van der Waals surface area contributed by atoms with Crippen LogP contribution in [0.15, 0.2) is 24.3 Å². The van der Waals surface area contributed by atoms with Crippen LogP contribution in [0.2, 0.25) is 0 Å². The zero-order valence-electron chi connectivity index (χ0n) is 11.2. The van der Waals surface area contributed by atoms with Gasteiger partial charge in [0, 0.05) is 0 Å². The van der Waals surface area contributed by atoms with Crippen molar-refractivity contribution in [3.8, 4) is 0 Å². The third-order valence-electron chi connectivity index (χ3n) is 3.33. The molecule has 0 radical (unpaired) electrons. The van der Waals surface area contributed by atoms with Crippen molar-refractivity contribution in [3.05, 3.63) is 39.8 Å². The van der Waals surface area contributed by atoms with Gasteiger partial charge in [0.1, 0.15) is 0 Å². The first-order valence-corrected chi connectivity index (χ1v) is 7.06. The van der Waals surface area contributed by atoms with Crippen molar-refractivity contribution >= 4 is 28.3 Å². The SMILES string of the molecule is Cc1nc(C)c(C(C)n2c(N)nc3ccccc32)s1. The van der Waals surface area contributed by atoms with E-state index in [1.165, 1.54) is 4.88 Å². The second-order valence-corrected chi connectivity index (χ2v) is 5.92. The molecule has 3 aromatic rings. The van der Waals surface area contributed by atoms with Crippen molar-refractivity contribution in [1.82, 2.24) is 14.5 Å². The van der Waals surface area contributed by atoms with Crippen molar-refractivity contribution in [2.24, 2.45) is 0 Å². The Hall–Kier alpha value is -1.88. The van der Waals surface area contributed by atoms with Gasteiger partial charge in [0.15, 0.2) is 0 Å². The van der Waals surface area contributed by atoms with Gasteiger partial charge in [-0.25, -0.2) is 9.97 Å². The topological polar surface area (TPSA) is 56.7 Å². The Kier molecular flexibility index (Phi) is 2.78. The summed E-state index contributed by atoms with van der Waals surface area (Å²) in [7, 11) is 0. The number of nitrogens with two attached hydrogens (primary N) is 1. The molecule has 0 aliphatic carbocycles. The average molecular weight is 272 g/mol. The minimum atomic E-state index is 0.151. The predicted octanol–water partition coefficient (Wildman–Crippen LogP) is 3.30. The summed E-state index contributed by atoms with van der Waals surface area (Å²) in [6.07, 6.45) is 0. The van der Waals surface area contributed by atoms with Gasteiger partial charge in [0.05, 0.1) is 32.7 Å². The maximum Gasteiger partial charge on any atom is 0.201 e. The Bertz CT molecular complexity index is 741. The highest BCUT2D eigenvalue weighted by Crippen LogP contribution is 2.32. The largest absolute Gasteiger partial charge is 0.369 e. The van der Waals surface area contributed by atoms with Gasteiger partial charge in [-0.15, -0.1) is 11.3 Å². The number of nitrogens with zero attached hydrogens (tertiary/aromatic N) is 3. The molecule has 0 fully saturated rings. The number of rotatable bonds is 2. The molecular weight excluding hydrogens is 256 g/mol. The van der Waals surface area contributed by atoms with Gasteiger partial charge in [-0.3, -0.25) is 0 Å². The number of benzene rings is 1. The normalized spacial score (nSPS) is 13.0. The van der Waals surface area contributed by atoms with E-state index in [0.717, 1.165) is 21.7 Å². The molecular formula is C14H16N4S. The summed E-state index contributed by atoms with van der Waals surface area (Å²) in [6.45, 7) is 6.22. The molecule has 2 heterocycles. The standard InChI is InChI=1S/C14H16N4S/c1-8-13(19-10(3)16-8)9(2)18-12-7-5-4-6-11(12)17-14(18)15/h4-7,9H,1-3H3,(H2,15,17). The van der Waals surface area contributed by atoms with Crippen LogP contribution in [-0.4, -0.2) is 14.5 Å². The van der Waals surface area contributed by atoms with Crippen molar-refractivity contribution in [3.63, 3.8) is 0 Å². The van der Waals surface area contributed by atoms with Gasteiger partial charge in [-0.05, 0) is 32.9 Å². The number of imidazole rings is 1. The maximum atomic E-state index is 6.08. The van der Waals surface area contributed by atoms with Crippen molar-refractivity contribution in [2.75, 3.05) is 5.73 Å². The van der Waals surface area contributed by atoms with Gasteiger partial charge in [-0.1, -0.05) is 12.1 Å². The molecule has 4 nitrogen and oxygen atoms in total. The van der Waals surface area contributed by atoms with Crippen LogP contribution >= 0.6 is 11.3 Å². The molecule has 1 unspecified atom stereocenters. The van der Waals surface area contributed by atoms with Gasteiger partial charge in [0.25, 0.3) is 0 Å². The molecule has 3 rings (SSSR count). The zero-order chi connectivity index (χ0) is 13.6. The van der Waals surface area contributed by atoms with Crippen LogP contribution in [0.4, 0.5) is 5.95 Å². The highest BCUT2D eigenvalue weighted by Gasteiger charge is 2.19. The highest BCUT2D eigenvalue weighted by atomic mass is 32.1. The average Bonchev–Trinajstić information content (AvgIpc) is 2.87. The number of para-hydroxylation sites is 2. The summed E-state index contributed by atoms with van der Waals surface area (Å²) >= 11 is 1.72. The van der Waals surface area contributed by atoms with Gasteiger partial charge >= 0.3 is 0 Å². The quantitative estimate of drug-likeness (QED) is 0.778. The minimum Gasteiger partial charge on any atom is -0.369 e. The van der Waals surface area contributed by atoms with Gasteiger partial charge < -0.3 is 10.3 Å². The first kappa shape index (κ1) is 12.2. The van der Waals surface area contributed by atoms with Crippen LogP contribution in [0, 0.1) is 13.8 Å². The summed E-state index contributed by atoms with van der Waals surface area (Å²) < 4.78 is 2.08. The monoisotopic (exact) mass is 272 g/mol. The number of nitrogen functional groups attached to an aromatic ring is 1. The van der Waals surface area contributed by atoms with Crippen LogP contribution in [-0.2, 0) is 0 Å². The molecule has 5 heteroatoms. The predicted molar refractivity (Wildman–Crippen MR) is 79.5 cm³/mol. The summed E-state index contributed by atoms with van der Waals surface area (Å²) in [6, 6.07) is 8.18. The first-order valence-electron chi connectivity index (χ1n) is 6.24. The lowest BCUT2D eigenvalue weighted by Crippen LogP contribution is -2.09. The Labute approximate surface area is 115 Å². The minimum absolute atomic E-state index is 0.151. The molecule has 2 N–H and O–H groups in total. The fourth-order valence-corrected chi connectivity index (χ4v) is 3.49. The van der Waals surface area contributed by atoms with Crippen molar-refractivity contribution in [2.45, 2.75) is 26.8 Å². The molecule has 2 aromatic heterocycles. The Balaban J connectivity index is 2.19. The first-order chi connectivity index (χ1) is 9.08. The molecule has 1 aromatic carbocycles. The van der Waals surface area contributed by atoms with Crippen LogP contribution < -0.4 is 5.73 Å². The number of hydrogen-bond acceptors (Lipinski definition) is 4. The van der Waals surface area contributed by atoms with E-state index in [9.17, 15) is 0 Å². The second kappa shape index (κ2) is 4.35. The fourth-order valence-electron chi connectivity index (χ4n) is 2.52. The Morgan fingerprint density at radius 3 is 2.63 bits per heavy atom. The number of thiazole rings is 1. The number of anilines is 1. The van der Waals surface area contributed by atoms with E-state index in [2.05, 4.69) is 27.5 Å². The fraction of sp³-hybridized carbons (Fsp3) is 0.286. The zero-order valence-corrected chi connectivity index (χ0v) is 12.0. The molecule has 0 aliphatic heterocycles. The summed E-state index contributed by atoms with van der Waals surface area (Å²) in [4.78, 5) is 10.2. The van der Waals surface area contributed by atoms with E-state index < -0.39 is 0 Å². The molecule has 0 saturated heterocycles. The summed E-state index contributed by atoms with van der Waals surface area (Å²) in [5.41, 5.74) is 9.16. The van der Waals surface area contributed by atoms with Crippen molar-refractivity contribution < 1.29 is 0 Å². The van der Waals surface area contributed by atoms with E-state index >= 15 is 0 Å². The molecule has 0 saturated carbocycles. The number of hydrogen-bond donors (Lipinski definition) is 1. The summed E-state index contributed by atoms with van der Waals surface area (Å²) in [5.74, 6) is 0.555. The van der Waals surface area contributed by atoms with Crippen LogP contribution in [0.1, 0.15) is 28.5 Å². The number of aryl methyl sites for hydroxylation is 2. The third-order valence-corrected chi connectivity index (χ3v) is 4.57. The molecule has 0 amide bonds. The van der Waals surface area contributed by atoms with Crippen molar-refractivity contribution in [1.29, 1.82) is 0 Å². The number of fused-ring (bicyclic) bond motifs is 1. The van der Waals surface area contributed by atoms with Crippen LogP contribution in [0.3, 0.4) is 0 Å². The molecule has 19 heavy (non-hydrogen) atoms. The van der Waals surface area contributed by atoms with Gasteiger partial charge in [0.2, 0.25) is 5.95 Å². The molecule has 98 valence electrons.